The highest BCUT2D eigenvalue weighted by Crippen LogP contribution is 2.06. The van der Waals surface area contributed by atoms with Gasteiger partial charge < -0.3 is 0 Å². The standard InChI is InChI=1S/C14H16N2/c1-12-8-10-16-14(11-12)7-4-6-13-5-2-3-9-15-13/h2-3,5,8-11H,4,6-7H2,1H3. The first-order valence-electron chi connectivity index (χ1n) is 5.66. The van der Waals surface area contributed by atoms with E-state index < -0.39 is 0 Å². The second-order valence-corrected chi connectivity index (χ2v) is 4.00. The maximum Gasteiger partial charge on any atom is 0.0406 e. The van der Waals surface area contributed by atoms with Crippen molar-refractivity contribution in [2.45, 2.75) is 26.2 Å². The lowest BCUT2D eigenvalue weighted by Crippen LogP contribution is -1.94. The molecule has 16 heavy (non-hydrogen) atoms. The van der Waals surface area contributed by atoms with E-state index in [-0.39, 0.29) is 0 Å². The smallest absolute Gasteiger partial charge is 0.0406 e. The largest absolute Gasteiger partial charge is 0.261 e. The van der Waals surface area contributed by atoms with Crippen molar-refractivity contribution in [3.05, 3.63) is 59.7 Å². The Morgan fingerprint density at radius 3 is 2.50 bits per heavy atom. The van der Waals surface area contributed by atoms with Gasteiger partial charge in [-0.2, -0.15) is 0 Å². The quantitative estimate of drug-likeness (QED) is 0.778. The highest BCUT2D eigenvalue weighted by Gasteiger charge is 1.97. The van der Waals surface area contributed by atoms with Crippen molar-refractivity contribution >= 4 is 0 Å². The maximum atomic E-state index is 4.35. The minimum Gasteiger partial charge on any atom is -0.261 e. The molecule has 0 amide bonds. The van der Waals surface area contributed by atoms with Gasteiger partial charge in [-0.05, 0) is 56.0 Å². The fourth-order valence-corrected chi connectivity index (χ4v) is 1.73. The van der Waals surface area contributed by atoms with Gasteiger partial charge in [0.05, 0.1) is 0 Å². The summed E-state index contributed by atoms with van der Waals surface area (Å²) >= 11 is 0. The van der Waals surface area contributed by atoms with Crippen molar-refractivity contribution in [1.29, 1.82) is 0 Å². The van der Waals surface area contributed by atoms with Crippen LogP contribution < -0.4 is 0 Å². The topological polar surface area (TPSA) is 25.8 Å². The van der Waals surface area contributed by atoms with Crippen LogP contribution in [0.3, 0.4) is 0 Å². The van der Waals surface area contributed by atoms with E-state index in [1.165, 1.54) is 11.3 Å². The lowest BCUT2D eigenvalue weighted by atomic mass is 10.1. The van der Waals surface area contributed by atoms with Crippen molar-refractivity contribution in [2.75, 3.05) is 0 Å². The predicted molar refractivity (Wildman–Crippen MR) is 65.2 cm³/mol. The van der Waals surface area contributed by atoms with E-state index in [0.29, 0.717) is 0 Å². The lowest BCUT2D eigenvalue weighted by molar-refractivity contribution is 0.780. The molecule has 2 nitrogen and oxygen atoms in total. The van der Waals surface area contributed by atoms with Gasteiger partial charge in [-0.1, -0.05) is 6.07 Å². The second-order valence-electron chi connectivity index (χ2n) is 4.00. The maximum absolute atomic E-state index is 4.35. The summed E-state index contributed by atoms with van der Waals surface area (Å²) in [4.78, 5) is 8.66. The molecule has 0 spiro atoms. The summed E-state index contributed by atoms with van der Waals surface area (Å²) in [5, 5.41) is 0. The number of hydrogen-bond acceptors (Lipinski definition) is 2. The highest BCUT2D eigenvalue weighted by atomic mass is 14.7. The molecule has 0 fully saturated rings. The molecular weight excluding hydrogens is 196 g/mol. The normalized spacial score (nSPS) is 10.3. The lowest BCUT2D eigenvalue weighted by Gasteiger charge is -2.01. The van der Waals surface area contributed by atoms with Crippen molar-refractivity contribution < 1.29 is 0 Å². The predicted octanol–water partition coefficient (Wildman–Crippen LogP) is 2.96. The Bertz CT molecular complexity index is 437. The summed E-state index contributed by atoms with van der Waals surface area (Å²) in [7, 11) is 0. The van der Waals surface area contributed by atoms with E-state index in [1.807, 2.05) is 30.6 Å². The fraction of sp³-hybridized carbons (Fsp3) is 0.286. The molecule has 2 aromatic heterocycles. The molecule has 2 heteroatoms. The molecule has 2 heterocycles. The fourth-order valence-electron chi connectivity index (χ4n) is 1.73. The first-order valence-corrected chi connectivity index (χ1v) is 5.66. The van der Waals surface area contributed by atoms with Crippen LogP contribution in [0.2, 0.25) is 0 Å². The van der Waals surface area contributed by atoms with Crippen LogP contribution in [0.5, 0.6) is 0 Å². The minimum absolute atomic E-state index is 1.02. The summed E-state index contributed by atoms with van der Waals surface area (Å²) in [5.41, 5.74) is 3.62. The molecule has 0 atom stereocenters. The summed E-state index contributed by atoms with van der Waals surface area (Å²) in [6.07, 6.45) is 6.88. The monoisotopic (exact) mass is 212 g/mol. The summed E-state index contributed by atoms with van der Waals surface area (Å²) in [6, 6.07) is 10.2. The van der Waals surface area contributed by atoms with E-state index in [0.717, 1.165) is 25.0 Å². The molecule has 0 N–H and O–H groups in total. The number of nitrogens with zero attached hydrogens (tertiary/aromatic N) is 2. The van der Waals surface area contributed by atoms with E-state index in [2.05, 4.69) is 29.0 Å². The molecule has 0 aromatic carbocycles. The number of aryl methyl sites for hydroxylation is 3. The molecule has 0 radical (unpaired) electrons. The van der Waals surface area contributed by atoms with Crippen molar-refractivity contribution in [3.8, 4) is 0 Å². The number of hydrogen-bond donors (Lipinski definition) is 0. The van der Waals surface area contributed by atoms with Gasteiger partial charge in [-0.3, -0.25) is 9.97 Å². The van der Waals surface area contributed by atoms with Gasteiger partial charge in [0.1, 0.15) is 0 Å². The zero-order chi connectivity index (χ0) is 11.2. The van der Waals surface area contributed by atoms with Crippen LogP contribution in [-0.4, -0.2) is 9.97 Å². The Balaban J connectivity index is 1.85. The molecular formula is C14H16N2. The molecule has 0 aliphatic rings. The number of pyridine rings is 2. The Labute approximate surface area is 96.4 Å². The van der Waals surface area contributed by atoms with Crippen LogP contribution in [0.4, 0.5) is 0 Å². The number of rotatable bonds is 4. The third kappa shape index (κ3) is 3.16. The molecule has 2 aromatic rings. The van der Waals surface area contributed by atoms with Crippen molar-refractivity contribution in [2.24, 2.45) is 0 Å². The molecule has 82 valence electrons. The zero-order valence-electron chi connectivity index (χ0n) is 9.56. The summed E-state index contributed by atoms with van der Waals surface area (Å²) < 4.78 is 0. The molecule has 0 aliphatic carbocycles. The van der Waals surface area contributed by atoms with Crippen molar-refractivity contribution in [3.63, 3.8) is 0 Å². The highest BCUT2D eigenvalue weighted by molar-refractivity contribution is 5.14. The third-order valence-corrected chi connectivity index (χ3v) is 2.56. The average molecular weight is 212 g/mol. The van der Waals surface area contributed by atoms with Gasteiger partial charge in [0, 0.05) is 23.8 Å². The van der Waals surface area contributed by atoms with Crippen molar-refractivity contribution in [1.82, 2.24) is 9.97 Å². The molecule has 0 saturated heterocycles. The number of aromatic nitrogens is 2. The van der Waals surface area contributed by atoms with Crippen LogP contribution in [0.15, 0.2) is 42.7 Å². The SMILES string of the molecule is Cc1ccnc(CCCc2ccccn2)c1. The second kappa shape index (κ2) is 5.40. The van der Waals surface area contributed by atoms with Crippen LogP contribution >= 0.6 is 0 Å². The first-order chi connectivity index (χ1) is 7.84. The van der Waals surface area contributed by atoms with Gasteiger partial charge in [0.25, 0.3) is 0 Å². The van der Waals surface area contributed by atoms with Crippen LogP contribution in [-0.2, 0) is 12.8 Å². The Hall–Kier alpha value is -1.70. The van der Waals surface area contributed by atoms with Gasteiger partial charge in [-0.15, -0.1) is 0 Å². The zero-order valence-corrected chi connectivity index (χ0v) is 9.56. The van der Waals surface area contributed by atoms with Crippen LogP contribution in [0, 0.1) is 6.92 Å². The Morgan fingerprint density at radius 2 is 1.75 bits per heavy atom. The van der Waals surface area contributed by atoms with E-state index in [1.54, 1.807) is 0 Å². The molecule has 0 bridgehead atoms. The molecule has 0 saturated carbocycles. The first kappa shape index (κ1) is 10.8. The van der Waals surface area contributed by atoms with E-state index >= 15 is 0 Å². The van der Waals surface area contributed by atoms with Gasteiger partial charge in [0.2, 0.25) is 0 Å². The van der Waals surface area contributed by atoms with E-state index in [4.69, 9.17) is 0 Å². The van der Waals surface area contributed by atoms with Gasteiger partial charge in [0.15, 0.2) is 0 Å². The minimum atomic E-state index is 1.02. The summed E-state index contributed by atoms with van der Waals surface area (Å²) in [6.45, 7) is 2.10. The summed E-state index contributed by atoms with van der Waals surface area (Å²) in [5.74, 6) is 0. The van der Waals surface area contributed by atoms with Crippen LogP contribution in [0.1, 0.15) is 23.4 Å². The molecule has 0 aliphatic heterocycles. The third-order valence-electron chi connectivity index (χ3n) is 2.56. The molecule has 0 unspecified atom stereocenters. The Morgan fingerprint density at radius 1 is 0.938 bits per heavy atom. The molecule has 2 rings (SSSR count). The Kier molecular flexibility index (Phi) is 3.65. The van der Waals surface area contributed by atoms with Gasteiger partial charge >= 0.3 is 0 Å². The van der Waals surface area contributed by atoms with E-state index in [9.17, 15) is 0 Å². The van der Waals surface area contributed by atoms with Crippen LogP contribution in [0.25, 0.3) is 0 Å². The average Bonchev–Trinajstić information content (AvgIpc) is 2.30. The van der Waals surface area contributed by atoms with Gasteiger partial charge in [-0.25, -0.2) is 0 Å².